The summed E-state index contributed by atoms with van der Waals surface area (Å²) >= 11 is 0. The maximum absolute atomic E-state index is 15.0. The Morgan fingerprint density at radius 2 is 0.949 bits per heavy atom. The predicted molar refractivity (Wildman–Crippen MR) is 252 cm³/mol. The highest BCUT2D eigenvalue weighted by Crippen LogP contribution is 2.56. The average molecular weight is 783 g/mol. The zero-order chi connectivity index (χ0) is 42.4. The van der Waals surface area contributed by atoms with Gasteiger partial charge in [-0.1, -0.05) is 120 Å². The minimum atomic E-state index is -0.409. The fourth-order valence-electron chi connectivity index (χ4n) is 8.23. The number of allylic oxidation sites excluding steroid dienone is 2. The van der Waals surface area contributed by atoms with E-state index < -0.39 is 5.41 Å². The van der Waals surface area contributed by atoms with Crippen LogP contribution in [-0.4, -0.2) is 0 Å². The lowest BCUT2D eigenvalue weighted by molar-refractivity contribution is 0.627. The molecule has 0 N–H and O–H groups in total. The Balaban J connectivity index is 0.00000142. The number of hydrogen-bond acceptors (Lipinski definition) is 2. The fraction of sp³-hybridized carbons (Fsp3) is 0.200. The van der Waals surface area contributed by atoms with E-state index in [2.05, 4.69) is 135 Å². The minimum Gasteiger partial charge on any atom is -0.310 e. The lowest BCUT2D eigenvalue weighted by atomic mass is 9.81. The number of halogens is 2. The molecule has 1 aliphatic carbocycles. The summed E-state index contributed by atoms with van der Waals surface area (Å²) in [6.45, 7) is 20.8. The van der Waals surface area contributed by atoms with Gasteiger partial charge in [0, 0.05) is 39.2 Å². The van der Waals surface area contributed by atoms with E-state index in [0.717, 1.165) is 56.0 Å². The Morgan fingerprint density at radius 3 is 1.49 bits per heavy atom. The molecule has 0 saturated carbocycles. The lowest BCUT2D eigenvalue weighted by Crippen LogP contribution is -2.18. The van der Waals surface area contributed by atoms with E-state index in [1.165, 1.54) is 45.5 Å². The van der Waals surface area contributed by atoms with Crippen molar-refractivity contribution in [3.63, 3.8) is 0 Å². The number of nitrogens with zero attached hydrogens (tertiary/aromatic N) is 2. The highest BCUT2D eigenvalue weighted by Gasteiger charge is 2.38. The molecule has 0 saturated heterocycles. The van der Waals surface area contributed by atoms with Crippen molar-refractivity contribution >= 4 is 57.0 Å². The molecular weight excluding hydrogens is 727 g/mol. The van der Waals surface area contributed by atoms with Crippen LogP contribution >= 0.6 is 0 Å². The van der Waals surface area contributed by atoms with Gasteiger partial charge in [-0.25, -0.2) is 8.78 Å². The lowest BCUT2D eigenvalue weighted by Gasteiger charge is -2.30. The Labute approximate surface area is 350 Å². The van der Waals surface area contributed by atoms with Crippen molar-refractivity contribution < 1.29 is 8.78 Å². The molecule has 300 valence electrons. The van der Waals surface area contributed by atoms with Crippen LogP contribution in [0.2, 0.25) is 0 Å². The van der Waals surface area contributed by atoms with Gasteiger partial charge in [0.2, 0.25) is 0 Å². The normalized spacial score (nSPS) is 12.4. The molecule has 0 aromatic heterocycles. The van der Waals surface area contributed by atoms with Crippen LogP contribution in [0.25, 0.3) is 34.1 Å². The van der Waals surface area contributed by atoms with Gasteiger partial charge in [0.05, 0.1) is 5.69 Å². The van der Waals surface area contributed by atoms with Gasteiger partial charge in [0.15, 0.2) is 0 Å². The molecule has 7 aromatic carbocycles. The summed E-state index contributed by atoms with van der Waals surface area (Å²) in [5, 5.41) is 2.21. The Hall–Kier alpha value is -6.26. The van der Waals surface area contributed by atoms with Crippen molar-refractivity contribution in [1.82, 2.24) is 0 Å². The summed E-state index contributed by atoms with van der Waals surface area (Å²) in [4.78, 5) is 4.33. The van der Waals surface area contributed by atoms with Gasteiger partial charge in [-0.3, -0.25) is 0 Å². The fourth-order valence-corrected chi connectivity index (χ4v) is 8.23. The molecule has 0 atom stereocenters. The Bertz CT molecular complexity index is 2670. The molecule has 8 rings (SSSR count). The second-order valence-electron chi connectivity index (χ2n) is 14.9. The molecule has 0 bridgehead atoms. The first-order valence-corrected chi connectivity index (χ1v) is 20.9. The number of aryl methyl sites for hydroxylation is 2. The van der Waals surface area contributed by atoms with Crippen LogP contribution in [0.4, 0.5) is 42.9 Å². The van der Waals surface area contributed by atoms with E-state index in [9.17, 15) is 4.39 Å². The van der Waals surface area contributed by atoms with Crippen LogP contribution in [0, 0.1) is 25.5 Å². The first-order chi connectivity index (χ1) is 28.6. The average Bonchev–Trinajstić information content (AvgIpc) is 3.47. The van der Waals surface area contributed by atoms with Crippen LogP contribution in [-0.2, 0) is 5.41 Å². The van der Waals surface area contributed by atoms with Gasteiger partial charge in [-0.15, -0.1) is 0 Å². The molecule has 1 aliphatic rings. The van der Waals surface area contributed by atoms with Crippen LogP contribution < -0.4 is 9.80 Å². The molecule has 0 unspecified atom stereocenters. The highest BCUT2D eigenvalue weighted by molar-refractivity contribution is 6.10. The quantitative estimate of drug-likeness (QED) is 0.151. The minimum absolute atomic E-state index is 0.287. The summed E-state index contributed by atoms with van der Waals surface area (Å²) in [7, 11) is 0. The first-order valence-electron chi connectivity index (χ1n) is 20.9. The largest absolute Gasteiger partial charge is 0.310 e. The molecule has 0 fully saturated rings. The summed E-state index contributed by atoms with van der Waals surface area (Å²) in [6.07, 6.45) is 8.32. The van der Waals surface area contributed by atoms with Crippen LogP contribution in [0.5, 0.6) is 0 Å². The van der Waals surface area contributed by atoms with E-state index in [0.29, 0.717) is 0 Å². The zero-order valence-corrected chi connectivity index (χ0v) is 36.2. The number of anilines is 6. The summed E-state index contributed by atoms with van der Waals surface area (Å²) < 4.78 is 29.9. The maximum atomic E-state index is 15.0. The molecule has 0 heterocycles. The molecule has 0 radical (unpaired) electrons. The Morgan fingerprint density at radius 1 is 0.475 bits per heavy atom. The number of fused-ring (bicyclic) bond motifs is 5. The van der Waals surface area contributed by atoms with Gasteiger partial charge in [0.25, 0.3) is 0 Å². The maximum Gasteiger partial charge on any atom is 0.125 e. The van der Waals surface area contributed by atoms with Crippen molar-refractivity contribution in [1.29, 1.82) is 0 Å². The molecule has 2 nitrogen and oxygen atoms in total. The molecule has 0 amide bonds. The van der Waals surface area contributed by atoms with Crippen molar-refractivity contribution in [2.75, 3.05) is 9.80 Å². The third kappa shape index (κ3) is 8.10. The second-order valence-corrected chi connectivity index (χ2v) is 14.9. The van der Waals surface area contributed by atoms with E-state index in [4.69, 9.17) is 0 Å². The molecule has 0 aliphatic heterocycles. The third-order valence-corrected chi connectivity index (χ3v) is 11.0. The molecule has 59 heavy (non-hydrogen) atoms. The standard InChI is InChI=1S/C51H44F2N2.2C2H6/c1-7-13-35-27-41(23-21-33(35)3)54(39-17-11-15-37(52)29-39)43-25-26-46-47(31-43)51(5,6)48-32-49(44-19-9-10-20-45(44)50(46)48)55(40-18-12-16-38(53)30-40)42-24-22-34(4)36(28-42)14-8-2;2*1-2/h7-32H,1-6H3;2*1-2H3/b13-7-,14-8-;;. The topological polar surface area (TPSA) is 6.48 Å². The summed E-state index contributed by atoms with van der Waals surface area (Å²) in [6, 6.07) is 44.0. The van der Waals surface area contributed by atoms with E-state index in [1.54, 1.807) is 24.3 Å². The van der Waals surface area contributed by atoms with Gasteiger partial charge < -0.3 is 9.80 Å². The summed E-state index contributed by atoms with van der Waals surface area (Å²) in [5.41, 5.74) is 14.2. The van der Waals surface area contributed by atoms with Crippen molar-refractivity contribution in [3.8, 4) is 11.1 Å². The second kappa shape index (κ2) is 18.1. The molecular formula is C55H56F2N2. The Kier molecular flexibility index (Phi) is 13.0. The van der Waals surface area contributed by atoms with Crippen LogP contribution in [0.3, 0.4) is 0 Å². The van der Waals surface area contributed by atoms with Gasteiger partial charge in [-0.2, -0.15) is 0 Å². The number of rotatable bonds is 8. The number of hydrogen-bond donors (Lipinski definition) is 0. The van der Waals surface area contributed by atoms with Gasteiger partial charge in [-0.05, 0) is 156 Å². The van der Waals surface area contributed by atoms with E-state index in [-0.39, 0.29) is 11.6 Å². The predicted octanol–water partition coefficient (Wildman–Crippen LogP) is 17.1. The molecule has 0 spiro atoms. The third-order valence-electron chi connectivity index (χ3n) is 11.0. The van der Waals surface area contributed by atoms with Gasteiger partial charge in [0.1, 0.15) is 11.6 Å². The SMILES string of the molecule is C/C=C\c1cc(N(c2cccc(F)c2)c2ccc3c(c2)C(C)(C)c2cc(N(c4cccc(F)c4)c4ccc(C)c(/C=C\C)c4)c4ccccc4c2-3)ccc1C.CC.CC. The van der Waals surface area contributed by atoms with Crippen molar-refractivity contribution in [2.45, 2.75) is 74.7 Å². The first kappa shape index (κ1) is 42.3. The van der Waals surface area contributed by atoms with Crippen LogP contribution in [0.1, 0.15) is 88.8 Å². The van der Waals surface area contributed by atoms with Crippen LogP contribution in [0.15, 0.2) is 146 Å². The molecule has 7 aromatic rings. The monoisotopic (exact) mass is 782 g/mol. The smallest absolute Gasteiger partial charge is 0.125 e. The van der Waals surface area contributed by atoms with E-state index >= 15 is 4.39 Å². The van der Waals surface area contributed by atoms with E-state index in [1.807, 2.05) is 65.8 Å². The zero-order valence-electron chi connectivity index (χ0n) is 36.2. The summed E-state index contributed by atoms with van der Waals surface area (Å²) in [5.74, 6) is -0.575. The highest BCUT2D eigenvalue weighted by atomic mass is 19.1. The van der Waals surface area contributed by atoms with Crippen molar-refractivity contribution in [3.05, 3.63) is 191 Å². The number of benzene rings is 7. The molecule has 4 heteroatoms. The van der Waals surface area contributed by atoms with Gasteiger partial charge >= 0.3 is 0 Å². The van der Waals surface area contributed by atoms with Crippen molar-refractivity contribution in [2.24, 2.45) is 0 Å².